The van der Waals surface area contributed by atoms with Crippen molar-refractivity contribution in [3.8, 4) is 0 Å². The molecule has 0 amide bonds. The van der Waals surface area contributed by atoms with Gasteiger partial charge in [-0.3, -0.25) is 18.2 Å². The molecule has 0 N–H and O–H groups in total. The molecule has 0 aromatic heterocycles. The van der Waals surface area contributed by atoms with Crippen LogP contribution in [-0.2, 0) is 0 Å². The molecule has 0 aliphatic carbocycles. The third-order valence-corrected chi connectivity index (χ3v) is 5.91. The van der Waals surface area contributed by atoms with Crippen molar-refractivity contribution in [2.75, 3.05) is 0 Å². The SMILES string of the molecule is [B-](c1c2ccccc2cc2ccccc12)c1c2ccccc2cc2ccccc12. The van der Waals surface area contributed by atoms with Crippen LogP contribution in [0.4, 0.5) is 0 Å². The molecule has 0 unspecified atom stereocenters. The van der Waals surface area contributed by atoms with Gasteiger partial charge in [0.25, 0.3) is 0 Å². The highest BCUT2D eigenvalue weighted by molar-refractivity contribution is 6.76. The first-order chi connectivity index (χ1) is 14.4. The van der Waals surface area contributed by atoms with E-state index in [2.05, 4.69) is 116 Å². The van der Waals surface area contributed by atoms with E-state index in [1.807, 2.05) is 0 Å². The zero-order valence-corrected chi connectivity index (χ0v) is 16.0. The lowest BCUT2D eigenvalue weighted by Gasteiger charge is -2.27. The van der Waals surface area contributed by atoms with E-state index in [4.69, 9.17) is 0 Å². The topological polar surface area (TPSA) is 0 Å². The fourth-order valence-electron chi connectivity index (χ4n) is 4.55. The lowest BCUT2D eigenvalue weighted by atomic mass is 9.58. The molecule has 2 radical (unpaired) electrons. The minimum Gasteiger partial charge on any atom is -0.260 e. The molecule has 1 heteroatoms. The van der Waals surface area contributed by atoms with E-state index in [0.29, 0.717) is 0 Å². The molecule has 6 aromatic rings. The van der Waals surface area contributed by atoms with Gasteiger partial charge in [-0.15, -0.1) is 0 Å². The zero-order chi connectivity index (χ0) is 19.2. The molecule has 0 bridgehead atoms. The monoisotopic (exact) mass is 365 g/mol. The maximum Gasteiger partial charge on any atom is -0.0211 e. The highest BCUT2D eigenvalue weighted by Gasteiger charge is 2.04. The molecular formula is C28H18B-. The highest BCUT2D eigenvalue weighted by Crippen LogP contribution is 2.23. The molecule has 0 saturated heterocycles. The molecule has 0 aliphatic heterocycles. The first kappa shape index (κ1) is 16.4. The predicted octanol–water partition coefficient (Wildman–Crippen LogP) is 5.95. The summed E-state index contributed by atoms with van der Waals surface area (Å²) in [6.07, 6.45) is 0. The van der Waals surface area contributed by atoms with Crippen molar-refractivity contribution in [2.45, 2.75) is 0 Å². The van der Waals surface area contributed by atoms with Gasteiger partial charge < -0.3 is 0 Å². The van der Waals surface area contributed by atoms with Crippen LogP contribution in [0.25, 0.3) is 43.1 Å². The summed E-state index contributed by atoms with van der Waals surface area (Å²) in [6.45, 7) is 0. The van der Waals surface area contributed by atoms with E-state index in [1.165, 1.54) is 54.0 Å². The Balaban J connectivity index is 1.73. The van der Waals surface area contributed by atoms with Crippen LogP contribution in [0.5, 0.6) is 0 Å². The molecule has 0 aliphatic rings. The Hall–Kier alpha value is -3.58. The molecule has 0 fully saturated rings. The predicted molar refractivity (Wildman–Crippen MR) is 128 cm³/mol. The van der Waals surface area contributed by atoms with Crippen molar-refractivity contribution in [3.63, 3.8) is 0 Å². The summed E-state index contributed by atoms with van der Waals surface area (Å²) in [4.78, 5) is 0. The third-order valence-electron chi connectivity index (χ3n) is 5.91. The van der Waals surface area contributed by atoms with Crippen molar-refractivity contribution in [1.29, 1.82) is 0 Å². The van der Waals surface area contributed by atoms with Crippen LogP contribution in [0.3, 0.4) is 0 Å². The van der Waals surface area contributed by atoms with Gasteiger partial charge in [-0.1, -0.05) is 119 Å². The van der Waals surface area contributed by atoms with Gasteiger partial charge in [0, 0.05) is 0 Å². The van der Waals surface area contributed by atoms with Gasteiger partial charge >= 0.3 is 0 Å². The molecule has 0 heterocycles. The van der Waals surface area contributed by atoms with Crippen LogP contribution < -0.4 is 10.9 Å². The van der Waals surface area contributed by atoms with Crippen molar-refractivity contribution >= 4 is 61.3 Å². The first-order valence-corrected chi connectivity index (χ1v) is 10.0. The van der Waals surface area contributed by atoms with Crippen LogP contribution in [-0.4, -0.2) is 7.28 Å². The number of fused-ring (bicyclic) bond motifs is 4. The van der Waals surface area contributed by atoms with E-state index < -0.39 is 0 Å². The molecule has 0 saturated carbocycles. The summed E-state index contributed by atoms with van der Waals surface area (Å²) < 4.78 is 0. The lowest BCUT2D eigenvalue weighted by molar-refractivity contribution is 1.78. The van der Waals surface area contributed by atoms with E-state index in [-0.39, 0.29) is 0 Å². The van der Waals surface area contributed by atoms with Gasteiger partial charge in [0.15, 0.2) is 0 Å². The second-order valence-corrected chi connectivity index (χ2v) is 7.61. The van der Waals surface area contributed by atoms with E-state index in [1.54, 1.807) is 0 Å². The minimum atomic E-state index is 1.28. The normalized spacial score (nSPS) is 11.6. The second-order valence-electron chi connectivity index (χ2n) is 7.61. The maximum absolute atomic E-state index is 2.40. The molecule has 6 aromatic carbocycles. The van der Waals surface area contributed by atoms with Gasteiger partial charge in [0.05, 0.1) is 0 Å². The average molecular weight is 365 g/mol. The number of hydrogen-bond acceptors (Lipinski definition) is 0. The van der Waals surface area contributed by atoms with Crippen LogP contribution >= 0.6 is 0 Å². The van der Waals surface area contributed by atoms with Gasteiger partial charge in [0.1, 0.15) is 0 Å². The fraction of sp³-hybridized carbons (Fsp3) is 0. The van der Waals surface area contributed by atoms with Crippen LogP contribution in [0, 0.1) is 0 Å². The zero-order valence-electron chi connectivity index (χ0n) is 16.0. The van der Waals surface area contributed by atoms with Gasteiger partial charge in [-0.05, 0) is 33.7 Å². The third kappa shape index (κ3) is 2.62. The molecule has 29 heavy (non-hydrogen) atoms. The summed E-state index contributed by atoms with van der Waals surface area (Å²) in [5.41, 5.74) is 2.58. The molecule has 0 nitrogen and oxygen atoms in total. The Bertz CT molecular complexity index is 1300. The summed E-state index contributed by atoms with van der Waals surface area (Å²) in [6, 6.07) is 39.4. The standard InChI is InChI=1S/C28H18B/c1-5-13-23-19(9-1)17-20-10-2-6-14-24(20)27(23)29-28-25-15-7-3-11-21(25)18-22-12-4-8-16-26(22)28/h1-18H/q-1. The van der Waals surface area contributed by atoms with Gasteiger partial charge in [-0.2, -0.15) is 0 Å². The number of benzene rings is 6. The maximum atomic E-state index is 2.40. The van der Waals surface area contributed by atoms with Crippen LogP contribution in [0.15, 0.2) is 109 Å². The smallest absolute Gasteiger partial charge is 0.0211 e. The molecule has 0 spiro atoms. The highest BCUT2D eigenvalue weighted by atomic mass is 14.1. The molecule has 134 valence electrons. The Kier molecular flexibility index (Phi) is 3.67. The summed E-state index contributed by atoms with van der Waals surface area (Å²) >= 11 is 0. The van der Waals surface area contributed by atoms with Crippen molar-refractivity contribution in [1.82, 2.24) is 0 Å². The lowest BCUT2D eigenvalue weighted by Crippen LogP contribution is -2.30. The van der Waals surface area contributed by atoms with E-state index >= 15 is 0 Å². The van der Waals surface area contributed by atoms with Crippen molar-refractivity contribution in [2.24, 2.45) is 0 Å². The largest absolute Gasteiger partial charge is 0.260 e. The van der Waals surface area contributed by atoms with E-state index in [0.717, 1.165) is 0 Å². The summed E-state index contributed by atoms with van der Waals surface area (Å²) in [5, 5.41) is 10.3. The van der Waals surface area contributed by atoms with Crippen molar-refractivity contribution in [3.05, 3.63) is 109 Å². The molecule has 6 rings (SSSR count). The van der Waals surface area contributed by atoms with Crippen molar-refractivity contribution < 1.29 is 0 Å². The fourth-order valence-corrected chi connectivity index (χ4v) is 4.55. The number of rotatable bonds is 2. The molecule has 0 atom stereocenters. The summed E-state index contributed by atoms with van der Waals surface area (Å²) in [5.74, 6) is 0. The minimum absolute atomic E-state index is 1.28. The van der Waals surface area contributed by atoms with Crippen LogP contribution in [0.1, 0.15) is 0 Å². The molecular weight excluding hydrogens is 347 g/mol. The van der Waals surface area contributed by atoms with Crippen LogP contribution in [0.2, 0.25) is 0 Å². The summed E-state index contributed by atoms with van der Waals surface area (Å²) in [7, 11) is 2.40. The Morgan fingerprint density at radius 2 is 0.621 bits per heavy atom. The Labute approximate surface area is 170 Å². The Morgan fingerprint density at radius 3 is 0.931 bits per heavy atom. The van der Waals surface area contributed by atoms with E-state index in [9.17, 15) is 0 Å². The quantitative estimate of drug-likeness (QED) is 0.263. The van der Waals surface area contributed by atoms with Gasteiger partial charge in [-0.25, -0.2) is 0 Å². The average Bonchev–Trinajstić information content (AvgIpc) is 2.78. The first-order valence-electron chi connectivity index (χ1n) is 10.0. The second kappa shape index (κ2) is 6.50. The number of hydrogen-bond donors (Lipinski definition) is 0. The Morgan fingerprint density at radius 1 is 0.345 bits per heavy atom. The van der Waals surface area contributed by atoms with Gasteiger partial charge in [0.2, 0.25) is 0 Å².